The van der Waals surface area contributed by atoms with Crippen LogP contribution in [0.3, 0.4) is 0 Å². The van der Waals surface area contributed by atoms with Gasteiger partial charge in [0, 0.05) is 22.7 Å². The van der Waals surface area contributed by atoms with E-state index in [-0.39, 0.29) is 23.1 Å². The summed E-state index contributed by atoms with van der Waals surface area (Å²) in [7, 11) is 0. The Labute approximate surface area is 138 Å². The Bertz CT molecular complexity index is 841. The van der Waals surface area contributed by atoms with Crippen molar-refractivity contribution in [3.63, 3.8) is 0 Å². The van der Waals surface area contributed by atoms with Crippen molar-refractivity contribution in [2.75, 3.05) is 0 Å². The second kappa shape index (κ2) is 6.35. The van der Waals surface area contributed by atoms with Crippen LogP contribution in [0.5, 0.6) is 0 Å². The summed E-state index contributed by atoms with van der Waals surface area (Å²) >= 11 is 0. The van der Waals surface area contributed by atoms with Gasteiger partial charge in [0.2, 0.25) is 0 Å². The van der Waals surface area contributed by atoms with E-state index in [0.717, 1.165) is 12.8 Å². The zero-order valence-corrected chi connectivity index (χ0v) is 13.1. The molecule has 1 aliphatic carbocycles. The van der Waals surface area contributed by atoms with Crippen LogP contribution < -0.4 is 5.32 Å². The molecule has 1 fully saturated rings. The molecule has 0 unspecified atom stereocenters. The molecule has 1 aliphatic rings. The lowest BCUT2D eigenvalue weighted by molar-refractivity contribution is 0.0950. The summed E-state index contributed by atoms with van der Waals surface area (Å²) in [5.74, 6) is -0.834. The van der Waals surface area contributed by atoms with Crippen molar-refractivity contribution in [2.24, 2.45) is 0 Å². The van der Waals surface area contributed by atoms with E-state index in [2.05, 4.69) is 5.32 Å². The van der Waals surface area contributed by atoms with Gasteiger partial charge in [-0.1, -0.05) is 12.1 Å². The molecule has 3 rings (SSSR count). The molecule has 0 radical (unpaired) electrons. The van der Waals surface area contributed by atoms with Crippen molar-refractivity contribution in [1.29, 1.82) is 0 Å². The highest BCUT2D eigenvalue weighted by Crippen LogP contribution is 2.30. The first kappa shape index (κ1) is 16.1. The van der Waals surface area contributed by atoms with E-state index in [4.69, 9.17) is 0 Å². The molecular weight excluding hydrogens is 309 g/mol. The predicted molar refractivity (Wildman–Crippen MR) is 87.8 cm³/mol. The standard InChI is InChI=1S/C19H16FNO3/c1-11-17(16-5-2-12(9-22)6-14(16)10-23)7-13(8-18(11)20)19(24)21-15-3-4-15/h2,5-10,15H,3-4H2,1H3,(H,21,24). The topological polar surface area (TPSA) is 63.2 Å². The van der Waals surface area contributed by atoms with Crippen LogP contribution in [-0.2, 0) is 0 Å². The van der Waals surface area contributed by atoms with Crippen LogP contribution in [0, 0.1) is 12.7 Å². The lowest BCUT2D eigenvalue weighted by Gasteiger charge is -2.13. The largest absolute Gasteiger partial charge is 0.349 e. The Hall–Kier alpha value is -2.82. The Kier molecular flexibility index (Phi) is 4.25. The highest BCUT2D eigenvalue weighted by atomic mass is 19.1. The first-order valence-electron chi connectivity index (χ1n) is 7.69. The average Bonchev–Trinajstić information content (AvgIpc) is 3.40. The van der Waals surface area contributed by atoms with E-state index in [9.17, 15) is 18.8 Å². The summed E-state index contributed by atoms with van der Waals surface area (Å²) in [6.07, 6.45) is 3.14. The fraction of sp³-hybridized carbons (Fsp3) is 0.211. The SMILES string of the molecule is Cc1c(F)cc(C(=O)NC2CC2)cc1-c1ccc(C=O)cc1C=O. The Morgan fingerprint density at radius 2 is 1.88 bits per heavy atom. The van der Waals surface area contributed by atoms with Crippen LogP contribution in [0.2, 0.25) is 0 Å². The van der Waals surface area contributed by atoms with Crippen molar-refractivity contribution in [3.8, 4) is 11.1 Å². The van der Waals surface area contributed by atoms with E-state index in [0.29, 0.717) is 34.8 Å². The van der Waals surface area contributed by atoms with Crippen molar-refractivity contribution in [3.05, 3.63) is 58.4 Å². The minimum absolute atomic E-state index is 0.169. The molecule has 0 spiro atoms. The maximum Gasteiger partial charge on any atom is 0.251 e. The van der Waals surface area contributed by atoms with Gasteiger partial charge in [0.05, 0.1) is 0 Å². The van der Waals surface area contributed by atoms with Crippen molar-refractivity contribution in [1.82, 2.24) is 5.32 Å². The second-order valence-corrected chi connectivity index (χ2v) is 5.96. The van der Waals surface area contributed by atoms with Gasteiger partial charge in [-0.25, -0.2) is 4.39 Å². The number of hydrogen-bond donors (Lipinski definition) is 1. The molecule has 0 aromatic heterocycles. The van der Waals surface area contributed by atoms with Crippen LogP contribution in [0.1, 0.15) is 49.5 Å². The molecule has 0 aliphatic heterocycles. The molecule has 0 bridgehead atoms. The number of nitrogens with one attached hydrogen (secondary N) is 1. The maximum absolute atomic E-state index is 14.3. The summed E-state index contributed by atoms with van der Waals surface area (Å²) < 4.78 is 14.3. The zero-order valence-electron chi connectivity index (χ0n) is 13.1. The molecule has 1 amide bonds. The molecular formula is C19H16FNO3. The monoisotopic (exact) mass is 325 g/mol. The second-order valence-electron chi connectivity index (χ2n) is 5.96. The molecule has 5 heteroatoms. The molecule has 0 heterocycles. The minimum atomic E-state index is -0.509. The third-order valence-corrected chi connectivity index (χ3v) is 4.15. The highest BCUT2D eigenvalue weighted by molar-refractivity contribution is 5.98. The van der Waals surface area contributed by atoms with Crippen LogP contribution in [0.4, 0.5) is 4.39 Å². The highest BCUT2D eigenvalue weighted by Gasteiger charge is 2.24. The number of benzene rings is 2. The summed E-state index contributed by atoms with van der Waals surface area (Å²) in [5.41, 5.74) is 2.17. The summed E-state index contributed by atoms with van der Waals surface area (Å²) in [4.78, 5) is 34.4. The zero-order chi connectivity index (χ0) is 17.3. The van der Waals surface area contributed by atoms with Gasteiger partial charge in [0.25, 0.3) is 5.91 Å². The van der Waals surface area contributed by atoms with Gasteiger partial charge < -0.3 is 5.32 Å². The van der Waals surface area contributed by atoms with Gasteiger partial charge in [-0.2, -0.15) is 0 Å². The lowest BCUT2D eigenvalue weighted by Crippen LogP contribution is -2.25. The number of hydrogen-bond acceptors (Lipinski definition) is 3. The smallest absolute Gasteiger partial charge is 0.251 e. The summed E-state index contributed by atoms with van der Waals surface area (Å²) in [6.45, 7) is 1.59. The molecule has 1 N–H and O–H groups in total. The first-order chi connectivity index (χ1) is 11.5. The van der Waals surface area contributed by atoms with Gasteiger partial charge >= 0.3 is 0 Å². The lowest BCUT2D eigenvalue weighted by atomic mass is 9.93. The van der Waals surface area contributed by atoms with Gasteiger partial charge in [0.1, 0.15) is 12.1 Å². The molecule has 24 heavy (non-hydrogen) atoms. The molecule has 4 nitrogen and oxygen atoms in total. The molecule has 0 saturated heterocycles. The van der Waals surface area contributed by atoms with Crippen LogP contribution in [0.15, 0.2) is 30.3 Å². The van der Waals surface area contributed by atoms with E-state index in [1.807, 2.05) is 0 Å². The van der Waals surface area contributed by atoms with Gasteiger partial charge in [-0.15, -0.1) is 0 Å². The average molecular weight is 325 g/mol. The van der Waals surface area contributed by atoms with E-state index < -0.39 is 5.82 Å². The fourth-order valence-electron chi connectivity index (χ4n) is 2.58. The van der Waals surface area contributed by atoms with E-state index >= 15 is 0 Å². The first-order valence-corrected chi connectivity index (χ1v) is 7.69. The van der Waals surface area contributed by atoms with Crippen molar-refractivity contribution < 1.29 is 18.8 Å². The van der Waals surface area contributed by atoms with E-state index in [1.165, 1.54) is 12.1 Å². The van der Waals surface area contributed by atoms with Crippen LogP contribution >= 0.6 is 0 Å². The predicted octanol–water partition coefficient (Wildman–Crippen LogP) is 3.32. The molecule has 0 atom stereocenters. The van der Waals surface area contributed by atoms with Gasteiger partial charge in [-0.3, -0.25) is 14.4 Å². The number of amides is 1. The Morgan fingerprint density at radius 3 is 2.50 bits per heavy atom. The molecule has 2 aromatic carbocycles. The maximum atomic E-state index is 14.3. The molecule has 1 saturated carbocycles. The minimum Gasteiger partial charge on any atom is -0.349 e. The van der Waals surface area contributed by atoms with Crippen molar-refractivity contribution in [2.45, 2.75) is 25.8 Å². The van der Waals surface area contributed by atoms with Gasteiger partial charge in [-0.05, 0) is 54.7 Å². The van der Waals surface area contributed by atoms with Gasteiger partial charge in [0.15, 0.2) is 6.29 Å². The Balaban J connectivity index is 2.09. The number of aldehydes is 2. The quantitative estimate of drug-likeness (QED) is 0.858. The third-order valence-electron chi connectivity index (χ3n) is 4.15. The summed E-state index contributed by atoms with van der Waals surface area (Å²) in [5, 5.41) is 2.82. The number of carbonyl (C=O) groups is 3. The number of carbonyl (C=O) groups excluding carboxylic acids is 3. The van der Waals surface area contributed by atoms with Crippen LogP contribution in [0.25, 0.3) is 11.1 Å². The molecule has 122 valence electrons. The number of rotatable bonds is 5. The summed E-state index contributed by atoms with van der Waals surface area (Å²) in [6, 6.07) is 7.56. The number of halogens is 1. The fourth-order valence-corrected chi connectivity index (χ4v) is 2.58. The van der Waals surface area contributed by atoms with Crippen molar-refractivity contribution >= 4 is 18.5 Å². The normalized spacial score (nSPS) is 13.4. The van der Waals surface area contributed by atoms with E-state index in [1.54, 1.807) is 25.1 Å². The Morgan fingerprint density at radius 1 is 1.12 bits per heavy atom. The molecule has 2 aromatic rings. The third kappa shape index (κ3) is 3.11. The van der Waals surface area contributed by atoms with Crippen LogP contribution in [-0.4, -0.2) is 24.5 Å².